The molecule has 2 aromatic rings. The van der Waals surface area contributed by atoms with E-state index in [9.17, 15) is 0 Å². The maximum Gasteiger partial charge on any atom is 0.274 e. The van der Waals surface area contributed by atoms with Crippen LogP contribution in [0.25, 0.3) is 11.4 Å². The Morgan fingerprint density at radius 3 is 2.79 bits per heavy atom. The van der Waals surface area contributed by atoms with Crippen LogP contribution in [0.3, 0.4) is 0 Å². The number of aryl methyl sites for hydroxylation is 1. The molecule has 4 heteroatoms. The van der Waals surface area contributed by atoms with Gasteiger partial charge in [-0.3, -0.25) is 0 Å². The molecule has 14 heavy (non-hydrogen) atoms. The van der Waals surface area contributed by atoms with Crippen LogP contribution in [0.2, 0.25) is 0 Å². The molecule has 0 aliphatic heterocycles. The van der Waals surface area contributed by atoms with E-state index in [1.54, 1.807) is 12.7 Å². The zero-order chi connectivity index (χ0) is 9.97. The molecule has 0 bridgehead atoms. The molecular formula is C10H9IN3+. The van der Waals surface area contributed by atoms with Crippen LogP contribution in [-0.2, 0) is 7.05 Å². The highest BCUT2D eigenvalue weighted by Crippen LogP contribution is 2.19. The van der Waals surface area contributed by atoms with Crippen LogP contribution in [0.15, 0.2) is 36.9 Å². The first kappa shape index (κ1) is 9.51. The van der Waals surface area contributed by atoms with Gasteiger partial charge >= 0.3 is 0 Å². The molecule has 0 radical (unpaired) electrons. The summed E-state index contributed by atoms with van der Waals surface area (Å²) < 4.78 is 3.11. The van der Waals surface area contributed by atoms with Crippen molar-refractivity contribution in [3.05, 3.63) is 40.5 Å². The van der Waals surface area contributed by atoms with Crippen LogP contribution in [0, 0.1) is 3.57 Å². The minimum Gasteiger partial charge on any atom is -0.236 e. The second kappa shape index (κ2) is 4.00. The minimum absolute atomic E-state index is 0.935. The zero-order valence-electron chi connectivity index (χ0n) is 7.68. The van der Waals surface area contributed by atoms with Crippen molar-refractivity contribution in [2.24, 2.45) is 7.05 Å². The normalized spacial score (nSPS) is 10.1. The van der Waals surface area contributed by atoms with Crippen molar-refractivity contribution in [2.45, 2.75) is 0 Å². The Labute approximate surface area is 96.0 Å². The fourth-order valence-electron chi connectivity index (χ4n) is 1.27. The molecule has 3 nitrogen and oxygen atoms in total. The largest absolute Gasteiger partial charge is 0.274 e. The SMILES string of the molecule is C[n+]1cncnc1-c1ccccc1I. The third kappa shape index (κ3) is 1.75. The first-order valence-corrected chi connectivity index (χ1v) is 5.27. The van der Waals surface area contributed by atoms with E-state index in [-0.39, 0.29) is 0 Å². The molecule has 1 aromatic carbocycles. The predicted molar refractivity (Wildman–Crippen MR) is 61.4 cm³/mol. The number of benzene rings is 1. The van der Waals surface area contributed by atoms with Crippen molar-refractivity contribution >= 4 is 22.6 Å². The lowest BCUT2D eigenvalue weighted by atomic mass is 10.2. The quantitative estimate of drug-likeness (QED) is 0.591. The van der Waals surface area contributed by atoms with E-state index in [4.69, 9.17) is 0 Å². The summed E-state index contributed by atoms with van der Waals surface area (Å²) in [5, 5.41) is 0. The Bertz CT molecular complexity index is 413. The minimum atomic E-state index is 0.935. The predicted octanol–water partition coefficient (Wildman–Crippen LogP) is 1.57. The topological polar surface area (TPSA) is 29.7 Å². The lowest BCUT2D eigenvalue weighted by Gasteiger charge is -2.00. The van der Waals surface area contributed by atoms with Crippen LogP contribution in [0.1, 0.15) is 0 Å². The highest BCUT2D eigenvalue weighted by molar-refractivity contribution is 14.1. The number of hydrogen-bond acceptors (Lipinski definition) is 2. The van der Waals surface area contributed by atoms with Gasteiger partial charge in [-0.15, -0.1) is 0 Å². The highest BCUT2D eigenvalue weighted by atomic mass is 127. The van der Waals surface area contributed by atoms with Crippen LogP contribution in [0.5, 0.6) is 0 Å². The van der Waals surface area contributed by atoms with E-state index < -0.39 is 0 Å². The van der Waals surface area contributed by atoms with Gasteiger partial charge in [0.25, 0.3) is 12.2 Å². The van der Waals surface area contributed by atoms with Gasteiger partial charge in [-0.1, -0.05) is 22.1 Å². The lowest BCUT2D eigenvalue weighted by Crippen LogP contribution is -2.32. The van der Waals surface area contributed by atoms with E-state index in [0.717, 1.165) is 11.4 Å². The van der Waals surface area contributed by atoms with Gasteiger partial charge in [-0.25, -0.2) is 4.57 Å². The van der Waals surface area contributed by atoms with Gasteiger partial charge in [0.05, 0.1) is 12.6 Å². The first-order valence-electron chi connectivity index (χ1n) is 4.19. The standard InChI is InChI=1S/C10H9IN3/c1-14-7-12-6-13-10(14)8-4-2-3-5-9(8)11/h2-7H,1H3/q+1. The number of aromatic nitrogens is 3. The van der Waals surface area contributed by atoms with E-state index in [0.29, 0.717) is 0 Å². The van der Waals surface area contributed by atoms with Crippen molar-refractivity contribution < 1.29 is 4.57 Å². The van der Waals surface area contributed by atoms with E-state index >= 15 is 0 Å². The molecule has 0 aliphatic carbocycles. The Morgan fingerprint density at radius 2 is 2.07 bits per heavy atom. The zero-order valence-corrected chi connectivity index (χ0v) is 9.84. The number of nitrogens with zero attached hydrogens (tertiary/aromatic N) is 3. The van der Waals surface area contributed by atoms with Crippen molar-refractivity contribution in [1.29, 1.82) is 0 Å². The van der Waals surface area contributed by atoms with Crippen LogP contribution in [-0.4, -0.2) is 9.97 Å². The number of hydrogen-bond donors (Lipinski definition) is 0. The molecule has 0 N–H and O–H groups in total. The molecule has 70 valence electrons. The van der Waals surface area contributed by atoms with Crippen molar-refractivity contribution in [2.75, 3.05) is 0 Å². The number of rotatable bonds is 1. The maximum atomic E-state index is 4.26. The van der Waals surface area contributed by atoms with E-state index in [1.165, 1.54) is 3.57 Å². The monoisotopic (exact) mass is 298 g/mol. The van der Waals surface area contributed by atoms with Gasteiger partial charge in [0.1, 0.15) is 0 Å². The summed E-state index contributed by atoms with van der Waals surface area (Å²) >= 11 is 2.31. The fourth-order valence-corrected chi connectivity index (χ4v) is 1.89. The first-order chi connectivity index (χ1) is 6.79. The van der Waals surface area contributed by atoms with Crippen molar-refractivity contribution in [3.63, 3.8) is 0 Å². The van der Waals surface area contributed by atoms with Gasteiger partial charge in [0, 0.05) is 3.57 Å². The Morgan fingerprint density at radius 1 is 1.29 bits per heavy atom. The average molecular weight is 298 g/mol. The summed E-state index contributed by atoms with van der Waals surface area (Å²) in [6.45, 7) is 0. The average Bonchev–Trinajstić information content (AvgIpc) is 2.20. The van der Waals surface area contributed by atoms with Crippen LogP contribution < -0.4 is 4.57 Å². The van der Waals surface area contributed by atoms with Crippen LogP contribution in [0.4, 0.5) is 0 Å². The van der Waals surface area contributed by atoms with Crippen molar-refractivity contribution in [1.82, 2.24) is 9.97 Å². The van der Waals surface area contributed by atoms with Gasteiger partial charge in [0.2, 0.25) is 6.33 Å². The second-order valence-electron chi connectivity index (χ2n) is 2.92. The van der Waals surface area contributed by atoms with Gasteiger partial charge < -0.3 is 0 Å². The summed E-state index contributed by atoms with van der Waals surface area (Å²) in [7, 11) is 1.94. The third-order valence-corrected chi connectivity index (χ3v) is 2.88. The molecule has 2 rings (SSSR count). The molecule has 1 aromatic heterocycles. The smallest absolute Gasteiger partial charge is 0.236 e. The molecule has 0 aliphatic rings. The Hall–Kier alpha value is -1.04. The molecule has 0 saturated carbocycles. The molecular weight excluding hydrogens is 289 g/mol. The highest BCUT2D eigenvalue weighted by Gasteiger charge is 2.11. The molecule has 0 spiro atoms. The van der Waals surface area contributed by atoms with Crippen molar-refractivity contribution in [3.8, 4) is 11.4 Å². The van der Waals surface area contributed by atoms with Gasteiger partial charge in [0.15, 0.2) is 0 Å². The molecule has 0 unspecified atom stereocenters. The summed E-state index contributed by atoms with van der Waals surface area (Å²) in [5.74, 6) is 0.935. The second-order valence-corrected chi connectivity index (χ2v) is 4.09. The fraction of sp³-hybridized carbons (Fsp3) is 0.100. The van der Waals surface area contributed by atoms with Crippen LogP contribution >= 0.6 is 22.6 Å². The maximum absolute atomic E-state index is 4.26. The number of halogens is 1. The molecule has 0 atom stereocenters. The van der Waals surface area contributed by atoms with Gasteiger partial charge in [-0.2, -0.15) is 0 Å². The van der Waals surface area contributed by atoms with E-state index in [1.807, 2.05) is 23.7 Å². The summed E-state index contributed by atoms with van der Waals surface area (Å²) in [5.41, 5.74) is 1.14. The molecule has 0 saturated heterocycles. The Kier molecular flexibility index (Phi) is 2.72. The summed E-state index contributed by atoms with van der Waals surface area (Å²) in [6.07, 6.45) is 3.32. The third-order valence-electron chi connectivity index (χ3n) is 1.94. The summed E-state index contributed by atoms with van der Waals surface area (Å²) in [4.78, 5) is 8.21. The Balaban J connectivity index is 2.61. The molecule has 0 amide bonds. The molecule has 0 fully saturated rings. The molecule has 1 heterocycles. The lowest BCUT2D eigenvalue weighted by molar-refractivity contribution is -0.666. The van der Waals surface area contributed by atoms with Gasteiger partial charge in [-0.05, 0) is 34.7 Å². The van der Waals surface area contributed by atoms with E-state index in [2.05, 4.69) is 44.7 Å². The summed E-state index contributed by atoms with van der Waals surface area (Å²) in [6, 6.07) is 8.16.